The van der Waals surface area contributed by atoms with E-state index in [2.05, 4.69) is 35.8 Å². The molecule has 8 nitrogen and oxygen atoms in total. The van der Waals surface area contributed by atoms with E-state index in [4.69, 9.17) is 0 Å². The zero-order valence-corrected chi connectivity index (χ0v) is 15.4. The molecule has 4 aromatic heterocycles. The highest BCUT2D eigenvalue weighted by Crippen LogP contribution is 2.25. The van der Waals surface area contributed by atoms with Crippen molar-refractivity contribution in [2.45, 2.75) is 20.4 Å². The Morgan fingerprint density at radius 1 is 1.07 bits per heavy atom. The van der Waals surface area contributed by atoms with Crippen LogP contribution in [0, 0.1) is 13.8 Å². The first-order chi connectivity index (χ1) is 13.5. The molecule has 140 valence electrons. The van der Waals surface area contributed by atoms with Gasteiger partial charge in [0.15, 0.2) is 0 Å². The van der Waals surface area contributed by atoms with Gasteiger partial charge in [0.25, 0.3) is 5.56 Å². The Hall–Kier alpha value is -3.81. The summed E-state index contributed by atoms with van der Waals surface area (Å²) in [5.41, 5.74) is 4.28. The molecular formula is C20H18N6O2. The lowest BCUT2D eigenvalue weighted by molar-refractivity contribution is 0.801. The second-order valence-electron chi connectivity index (χ2n) is 6.59. The molecule has 0 radical (unpaired) electrons. The van der Waals surface area contributed by atoms with Gasteiger partial charge in [-0.25, -0.2) is 4.79 Å². The molecule has 0 aromatic carbocycles. The molecule has 0 spiro atoms. The number of nitrogens with one attached hydrogen (secondary N) is 2. The van der Waals surface area contributed by atoms with E-state index in [1.807, 2.05) is 44.6 Å². The van der Waals surface area contributed by atoms with Crippen molar-refractivity contribution in [1.82, 2.24) is 29.7 Å². The highest BCUT2D eigenvalue weighted by molar-refractivity contribution is 5.70. The fourth-order valence-electron chi connectivity index (χ4n) is 2.98. The molecular weight excluding hydrogens is 356 g/mol. The number of aromatic amines is 2. The summed E-state index contributed by atoms with van der Waals surface area (Å²) in [4.78, 5) is 32.3. The summed E-state index contributed by atoms with van der Waals surface area (Å²) < 4.78 is 2.06. The highest BCUT2D eigenvalue weighted by atomic mass is 16.2. The predicted octanol–water partition coefficient (Wildman–Crippen LogP) is 2.05. The lowest BCUT2D eigenvalue weighted by atomic mass is 10.1. The maximum absolute atomic E-state index is 12.1. The van der Waals surface area contributed by atoms with Crippen LogP contribution < -0.4 is 11.2 Å². The van der Waals surface area contributed by atoms with Crippen LogP contribution in [0.2, 0.25) is 0 Å². The molecule has 0 aliphatic carbocycles. The molecule has 4 heterocycles. The number of pyridine rings is 1. The van der Waals surface area contributed by atoms with Crippen molar-refractivity contribution in [2.75, 3.05) is 0 Å². The van der Waals surface area contributed by atoms with Crippen LogP contribution in [-0.4, -0.2) is 29.7 Å². The van der Waals surface area contributed by atoms with E-state index < -0.39 is 11.2 Å². The van der Waals surface area contributed by atoms with E-state index in [0.29, 0.717) is 12.2 Å². The minimum absolute atomic E-state index is 0.263. The monoisotopic (exact) mass is 374 g/mol. The summed E-state index contributed by atoms with van der Waals surface area (Å²) in [6.07, 6.45) is 7.22. The Labute approximate surface area is 160 Å². The zero-order valence-electron chi connectivity index (χ0n) is 15.4. The third-order valence-corrected chi connectivity index (χ3v) is 4.47. The summed E-state index contributed by atoms with van der Waals surface area (Å²) in [7, 11) is 0. The minimum Gasteiger partial charge on any atom is -0.349 e. The van der Waals surface area contributed by atoms with Gasteiger partial charge >= 0.3 is 5.69 Å². The fourth-order valence-corrected chi connectivity index (χ4v) is 2.98. The van der Waals surface area contributed by atoms with E-state index in [-0.39, 0.29) is 5.56 Å². The molecule has 0 amide bonds. The van der Waals surface area contributed by atoms with Gasteiger partial charge in [0.05, 0.1) is 11.3 Å². The number of aromatic nitrogens is 6. The number of H-pyrrole nitrogens is 2. The molecule has 0 bridgehead atoms. The summed E-state index contributed by atoms with van der Waals surface area (Å²) >= 11 is 0. The largest absolute Gasteiger partial charge is 0.349 e. The Morgan fingerprint density at radius 3 is 2.68 bits per heavy atom. The molecule has 0 atom stereocenters. The Bertz CT molecular complexity index is 1250. The first-order valence-corrected chi connectivity index (χ1v) is 8.74. The summed E-state index contributed by atoms with van der Waals surface area (Å²) in [6, 6.07) is 7.84. The average Bonchev–Trinajstić information content (AvgIpc) is 3.13. The van der Waals surface area contributed by atoms with Crippen LogP contribution in [0.15, 0.2) is 58.6 Å². The molecule has 4 rings (SSSR count). The second kappa shape index (κ2) is 7.07. The molecule has 0 saturated carbocycles. The van der Waals surface area contributed by atoms with E-state index in [0.717, 1.165) is 28.1 Å². The van der Waals surface area contributed by atoms with E-state index >= 15 is 0 Å². The van der Waals surface area contributed by atoms with Crippen molar-refractivity contribution < 1.29 is 0 Å². The van der Waals surface area contributed by atoms with Crippen LogP contribution in [0.3, 0.4) is 0 Å². The van der Waals surface area contributed by atoms with Gasteiger partial charge in [-0.1, -0.05) is 6.07 Å². The lowest BCUT2D eigenvalue weighted by Crippen LogP contribution is -2.22. The van der Waals surface area contributed by atoms with Crippen molar-refractivity contribution in [2.24, 2.45) is 0 Å². The zero-order chi connectivity index (χ0) is 19.7. The van der Waals surface area contributed by atoms with Gasteiger partial charge in [-0.05, 0) is 37.6 Å². The molecule has 0 aliphatic rings. The van der Waals surface area contributed by atoms with Crippen LogP contribution in [-0.2, 0) is 6.54 Å². The number of hydrogen-bond donors (Lipinski definition) is 2. The van der Waals surface area contributed by atoms with Gasteiger partial charge < -0.3 is 9.55 Å². The van der Waals surface area contributed by atoms with Gasteiger partial charge in [0, 0.05) is 48.2 Å². The molecule has 8 heteroatoms. The van der Waals surface area contributed by atoms with Gasteiger partial charge in [-0.2, -0.15) is 5.10 Å². The standard InChI is InChI=1S/C20H18N6O2/c1-12-3-4-14(8-21-12)10-26-6-5-15(11-26)16-7-18(25-24-13(16)2)17-9-22-20(28)23-19(17)27/h3-9,11H,10H2,1-2H3,(H2,22,23,27,28). The topological polar surface area (TPSA) is 109 Å². The fraction of sp³-hybridized carbons (Fsp3) is 0.150. The van der Waals surface area contributed by atoms with Crippen LogP contribution in [0.5, 0.6) is 0 Å². The summed E-state index contributed by atoms with van der Waals surface area (Å²) in [5, 5.41) is 8.29. The van der Waals surface area contributed by atoms with Crippen LogP contribution in [0.4, 0.5) is 0 Å². The van der Waals surface area contributed by atoms with E-state index in [1.54, 1.807) is 6.07 Å². The van der Waals surface area contributed by atoms with Gasteiger partial charge in [-0.15, -0.1) is 5.10 Å². The molecule has 2 N–H and O–H groups in total. The Morgan fingerprint density at radius 2 is 1.93 bits per heavy atom. The predicted molar refractivity (Wildman–Crippen MR) is 105 cm³/mol. The second-order valence-corrected chi connectivity index (χ2v) is 6.59. The molecule has 4 aromatic rings. The van der Waals surface area contributed by atoms with Crippen molar-refractivity contribution in [3.8, 4) is 22.4 Å². The normalized spacial score (nSPS) is 10.9. The van der Waals surface area contributed by atoms with Crippen LogP contribution >= 0.6 is 0 Å². The van der Waals surface area contributed by atoms with Crippen molar-refractivity contribution in [1.29, 1.82) is 0 Å². The third-order valence-electron chi connectivity index (χ3n) is 4.47. The van der Waals surface area contributed by atoms with Gasteiger partial charge in [-0.3, -0.25) is 14.8 Å². The quantitative estimate of drug-likeness (QED) is 0.568. The van der Waals surface area contributed by atoms with Crippen molar-refractivity contribution in [3.05, 3.63) is 86.8 Å². The number of hydrogen-bond acceptors (Lipinski definition) is 5. The van der Waals surface area contributed by atoms with Gasteiger partial charge in [0.1, 0.15) is 5.69 Å². The van der Waals surface area contributed by atoms with Crippen LogP contribution in [0.1, 0.15) is 17.0 Å². The summed E-state index contributed by atoms with van der Waals surface area (Å²) in [6.45, 7) is 4.53. The highest BCUT2D eigenvalue weighted by Gasteiger charge is 2.12. The third kappa shape index (κ3) is 3.52. The first kappa shape index (κ1) is 17.6. The molecule has 0 saturated heterocycles. The van der Waals surface area contributed by atoms with Gasteiger partial charge in [0.2, 0.25) is 0 Å². The van der Waals surface area contributed by atoms with Crippen molar-refractivity contribution in [3.63, 3.8) is 0 Å². The number of nitrogens with zero attached hydrogens (tertiary/aromatic N) is 4. The van der Waals surface area contributed by atoms with Crippen molar-refractivity contribution >= 4 is 0 Å². The SMILES string of the molecule is Cc1ccc(Cn2ccc(-c3cc(-c4c[nH]c(=O)[nH]c4=O)nnc3C)c2)cn1. The Balaban J connectivity index is 1.68. The Kier molecular flexibility index (Phi) is 4.44. The number of aryl methyl sites for hydroxylation is 2. The maximum Gasteiger partial charge on any atom is 0.325 e. The molecule has 0 unspecified atom stereocenters. The number of rotatable bonds is 4. The summed E-state index contributed by atoms with van der Waals surface area (Å²) in [5.74, 6) is 0. The van der Waals surface area contributed by atoms with E-state index in [1.165, 1.54) is 6.20 Å². The molecule has 28 heavy (non-hydrogen) atoms. The first-order valence-electron chi connectivity index (χ1n) is 8.74. The minimum atomic E-state index is -0.559. The van der Waals surface area contributed by atoms with E-state index in [9.17, 15) is 9.59 Å². The lowest BCUT2D eigenvalue weighted by Gasteiger charge is -2.06. The van der Waals surface area contributed by atoms with Crippen LogP contribution in [0.25, 0.3) is 22.4 Å². The average molecular weight is 374 g/mol. The maximum atomic E-state index is 12.1. The molecule has 0 fully saturated rings. The molecule has 0 aliphatic heterocycles. The smallest absolute Gasteiger partial charge is 0.325 e.